The van der Waals surface area contributed by atoms with Crippen LogP contribution in [0.15, 0.2) is 0 Å². The molecule has 1 aliphatic heterocycles. The van der Waals surface area contributed by atoms with Gasteiger partial charge in [0.05, 0.1) is 0 Å². The molecule has 1 fully saturated rings. The van der Waals surface area contributed by atoms with Gasteiger partial charge in [0.25, 0.3) is 0 Å². The summed E-state index contributed by atoms with van der Waals surface area (Å²) in [7, 11) is 0. The van der Waals surface area contributed by atoms with Crippen molar-refractivity contribution in [1.82, 2.24) is 4.90 Å². The van der Waals surface area contributed by atoms with E-state index in [1.807, 2.05) is 11.8 Å². The second-order valence-corrected chi connectivity index (χ2v) is 6.54. The number of hydrogen-bond donors (Lipinski definition) is 1. The summed E-state index contributed by atoms with van der Waals surface area (Å²) in [6.07, 6.45) is 2.12. The Bertz CT molecular complexity index is 219. The maximum atomic E-state index is 10.3. The molecular formula is C11H21NO2S. The highest BCUT2D eigenvalue weighted by molar-refractivity contribution is 8.00. The van der Waals surface area contributed by atoms with E-state index in [-0.39, 0.29) is 0 Å². The Hall–Kier alpha value is -0.220. The highest BCUT2D eigenvalue weighted by Gasteiger charge is 2.26. The fraction of sp³-hybridized carbons (Fsp3) is 0.909. The van der Waals surface area contributed by atoms with E-state index in [1.54, 1.807) is 0 Å². The maximum Gasteiger partial charge on any atom is 0.303 e. The minimum absolute atomic E-state index is 0.311. The van der Waals surface area contributed by atoms with Crippen LogP contribution >= 0.6 is 11.8 Å². The van der Waals surface area contributed by atoms with Crippen molar-refractivity contribution in [3.05, 3.63) is 0 Å². The number of hydrogen-bond acceptors (Lipinski definition) is 3. The molecule has 0 unspecified atom stereocenters. The maximum absolute atomic E-state index is 10.3. The number of carboxylic acid groups (broad SMARTS) is 1. The van der Waals surface area contributed by atoms with Gasteiger partial charge in [0.1, 0.15) is 0 Å². The van der Waals surface area contributed by atoms with E-state index in [4.69, 9.17) is 5.11 Å². The topological polar surface area (TPSA) is 40.5 Å². The van der Waals surface area contributed by atoms with E-state index in [1.165, 1.54) is 5.75 Å². The summed E-state index contributed by atoms with van der Waals surface area (Å²) in [6, 6.07) is 0. The molecule has 1 aliphatic rings. The second kappa shape index (κ2) is 5.75. The third-order valence-electron chi connectivity index (χ3n) is 2.62. The highest BCUT2D eigenvalue weighted by Crippen LogP contribution is 2.29. The molecule has 0 atom stereocenters. The predicted molar refractivity (Wildman–Crippen MR) is 64.5 cm³/mol. The Morgan fingerprint density at radius 1 is 1.47 bits per heavy atom. The molecule has 0 aromatic heterocycles. The average Bonchev–Trinajstić information content (AvgIpc) is 2.10. The van der Waals surface area contributed by atoms with Gasteiger partial charge in [-0.05, 0) is 33.2 Å². The molecule has 0 amide bonds. The Kier molecular flexibility index (Phi) is 4.93. The van der Waals surface area contributed by atoms with Crippen molar-refractivity contribution in [2.45, 2.75) is 37.9 Å². The molecule has 0 saturated carbocycles. The first-order valence-electron chi connectivity index (χ1n) is 5.58. The number of unbranched alkanes of at least 4 members (excludes halogenated alkanes) is 1. The van der Waals surface area contributed by atoms with E-state index >= 15 is 0 Å². The summed E-state index contributed by atoms with van der Waals surface area (Å²) in [6.45, 7) is 7.89. The van der Waals surface area contributed by atoms with Crippen LogP contribution in [0.3, 0.4) is 0 Å². The fourth-order valence-corrected chi connectivity index (χ4v) is 3.09. The van der Waals surface area contributed by atoms with Crippen LogP contribution in [0.5, 0.6) is 0 Å². The highest BCUT2D eigenvalue weighted by atomic mass is 32.2. The van der Waals surface area contributed by atoms with Crippen LogP contribution in [0.4, 0.5) is 0 Å². The minimum atomic E-state index is -0.676. The number of rotatable bonds is 5. The molecule has 4 heteroatoms. The summed E-state index contributed by atoms with van der Waals surface area (Å²) < 4.78 is 0.366. The quantitative estimate of drug-likeness (QED) is 0.735. The number of aliphatic carboxylic acids is 1. The Labute approximate surface area is 96.2 Å². The third kappa shape index (κ3) is 5.42. The van der Waals surface area contributed by atoms with Gasteiger partial charge in [-0.15, -0.1) is 0 Å². The number of thioether (sulfide) groups is 1. The molecule has 0 radical (unpaired) electrons. The lowest BCUT2D eigenvalue weighted by Gasteiger charge is -2.37. The van der Waals surface area contributed by atoms with Gasteiger partial charge in [-0.3, -0.25) is 4.79 Å². The van der Waals surface area contributed by atoms with E-state index < -0.39 is 5.97 Å². The lowest BCUT2D eigenvalue weighted by Crippen LogP contribution is -2.43. The van der Waals surface area contributed by atoms with Gasteiger partial charge < -0.3 is 10.0 Å². The van der Waals surface area contributed by atoms with Crippen LogP contribution in [0.2, 0.25) is 0 Å². The SMILES string of the molecule is CC1(C)CN(CCCCC(=O)O)CCS1. The lowest BCUT2D eigenvalue weighted by molar-refractivity contribution is -0.137. The first kappa shape index (κ1) is 12.8. The van der Waals surface area contributed by atoms with Crippen LogP contribution in [-0.4, -0.2) is 46.1 Å². The van der Waals surface area contributed by atoms with Crippen molar-refractivity contribution in [2.24, 2.45) is 0 Å². The van der Waals surface area contributed by atoms with Crippen LogP contribution < -0.4 is 0 Å². The van der Waals surface area contributed by atoms with Gasteiger partial charge in [-0.1, -0.05) is 0 Å². The Balaban J connectivity index is 2.13. The van der Waals surface area contributed by atoms with Gasteiger partial charge in [0.2, 0.25) is 0 Å². The zero-order chi connectivity index (χ0) is 11.3. The molecule has 15 heavy (non-hydrogen) atoms. The summed E-state index contributed by atoms with van der Waals surface area (Å²) in [5, 5.41) is 8.52. The molecule has 88 valence electrons. The lowest BCUT2D eigenvalue weighted by atomic mass is 10.1. The molecule has 0 aromatic carbocycles. The standard InChI is InChI=1S/C11H21NO2S/c1-11(2)9-12(7-8-15-11)6-4-3-5-10(13)14/h3-9H2,1-2H3,(H,13,14). The fourth-order valence-electron chi connectivity index (χ4n) is 1.92. The monoisotopic (exact) mass is 231 g/mol. The first-order chi connectivity index (χ1) is 6.99. The summed E-state index contributed by atoms with van der Waals surface area (Å²) in [4.78, 5) is 12.8. The molecule has 1 N–H and O–H groups in total. The van der Waals surface area contributed by atoms with Crippen molar-refractivity contribution in [3.63, 3.8) is 0 Å². The zero-order valence-electron chi connectivity index (χ0n) is 9.66. The van der Waals surface area contributed by atoms with E-state index in [2.05, 4.69) is 18.7 Å². The molecule has 1 heterocycles. The van der Waals surface area contributed by atoms with Crippen LogP contribution in [-0.2, 0) is 4.79 Å². The molecule has 1 saturated heterocycles. The zero-order valence-corrected chi connectivity index (χ0v) is 10.5. The number of carbonyl (C=O) groups is 1. The van der Waals surface area contributed by atoms with Gasteiger partial charge in [0, 0.05) is 30.0 Å². The van der Waals surface area contributed by atoms with Crippen LogP contribution in [0.25, 0.3) is 0 Å². The first-order valence-corrected chi connectivity index (χ1v) is 6.56. The van der Waals surface area contributed by atoms with Crippen molar-refractivity contribution in [3.8, 4) is 0 Å². The van der Waals surface area contributed by atoms with Gasteiger partial charge >= 0.3 is 5.97 Å². The molecule has 0 bridgehead atoms. The molecule has 0 spiro atoms. The normalized spacial score (nSPS) is 21.5. The van der Waals surface area contributed by atoms with Gasteiger partial charge in [-0.25, -0.2) is 0 Å². The molecule has 0 aromatic rings. The van der Waals surface area contributed by atoms with Gasteiger partial charge in [0.15, 0.2) is 0 Å². The largest absolute Gasteiger partial charge is 0.481 e. The summed E-state index contributed by atoms with van der Waals surface area (Å²) in [5.74, 6) is 0.524. The van der Waals surface area contributed by atoms with Crippen molar-refractivity contribution in [1.29, 1.82) is 0 Å². The van der Waals surface area contributed by atoms with Crippen molar-refractivity contribution in [2.75, 3.05) is 25.4 Å². The van der Waals surface area contributed by atoms with E-state index in [0.29, 0.717) is 11.2 Å². The average molecular weight is 231 g/mol. The van der Waals surface area contributed by atoms with Crippen LogP contribution in [0.1, 0.15) is 33.1 Å². The molecular weight excluding hydrogens is 210 g/mol. The third-order valence-corrected chi connectivity index (χ3v) is 3.92. The summed E-state index contributed by atoms with van der Waals surface area (Å²) in [5.41, 5.74) is 0. The number of nitrogens with zero attached hydrogens (tertiary/aromatic N) is 1. The smallest absolute Gasteiger partial charge is 0.303 e. The van der Waals surface area contributed by atoms with Crippen LogP contribution in [0, 0.1) is 0 Å². The van der Waals surface area contributed by atoms with E-state index in [9.17, 15) is 4.79 Å². The predicted octanol–water partition coefficient (Wildman–Crippen LogP) is 2.07. The molecule has 0 aliphatic carbocycles. The summed E-state index contributed by atoms with van der Waals surface area (Å²) >= 11 is 2.03. The Morgan fingerprint density at radius 3 is 2.80 bits per heavy atom. The molecule has 3 nitrogen and oxygen atoms in total. The van der Waals surface area contributed by atoms with Crippen molar-refractivity contribution < 1.29 is 9.90 Å². The Morgan fingerprint density at radius 2 is 2.20 bits per heavy atom. The number of carboxylic acids is 1. The van der Waals surface area contributed by atoms with Crippen molar-refractivity contribution >= 4 is 17.7 Å². The minimum Gasteiger partial charge on any atom is -0.481 e. The second-order valence-electron chi connectivity index (χ2n) is 4.74. The van der Waals surface area contributed by atoms with Gasteiger partial charge in [-0.2, -0.15) is 11.8 Å². The van der Waals surface area contributed by atoms with E-state index in [0.717, 1.165) is 32.5 Å². The molecule has 1 rings (SSSR count).